The van der Waals surface area contributed by atoms with E-state index < -0.39 is 97.5 Å². The average Bonchev–Trinajstić information content (AvgIpc) is 3.33. The number of phosphoric acid groups is 2. The van der Waals surface area contributed by atoms with Gasteiger partial charge in [-0.2, -0.15) is 0 Å². The average molecular weight is 1340 g/mol. The number of hydrogen-bond donors (Lipinski definition) is 3. The number of unbranched alkanes of at least 4 members (excludes halogenated alkanes) is 47. The first-order chi connectivity index (χ1) is 44.2. The van der Waals surface area contributed by atoms with Gasteiger partial charge in [0.2, 0.25) is 0 Å². The van der Waals surface area contributed by atoms with E-state index >= 15 is 0 Å². The third kappa shape index (κ3) is 66.5. The molecule has 0 radical (unpaired) electrons. The Hall–Kier alpha value is -1.94. The van der Waals surface area contributed by atoms with E-state index in [0.717, 1.165) is 89.9 Å². The molecular formula is C72H140O17P2. The molecular weight excluding hydrogens is 1200 g/mol. The zero-order valence-corrected chi connectivity index (χ0v) is 60.6. The smallest absolute Gasteiger partial charge is 0.462 e. The lowest BCUT2D eigenvalue weighted by Gasteiger charge is -2.21. The van der Waals surface area contributed by atoms with Crippen LogP contribution in [0.5, 0.6) is 0 Å². The summed E-state index contributed by atoms with van der Waals surface area (Å²) in [5.74, 6) is -2.11. The van der Waals surface area contributed by atoms with Crippen LogP contribution in [0.15, 0.2) is 0 Å². The van der Waals surface area contributed by atoms with E-state index in [4.69, 9.17) is 37.0 Å². The van der Waals surface area contributed by atoms with Gasteiger partial charge in [0.25, 0.3) is 0 Å². The number of carbonyl (C=O) groups is 4. The summed E-state index contributed by atoms with van der Waals surface area (Å²) in [5.41, 5.74) is 0. The molecule has 0 bridgehead atoms. The Labute approximate surface area is 556 Å². The molecule has 5 atom stereocenters. The van der Waals surface area contributed by atoms with Crippen molar-refractivity contribution in [3.8, 4) is 0 Å². The molecule has 17 nitrogen and oxygen atoms in total. The molecule has 0 aromatic heterocycles. The highest BCUT2D eigenvalue weighted by atomic mass is 31.2. The Bertz CT molecular complexity index is 1740. The lowest BCUT2D eigenvalue weighted by Crippen LogP contribution is -2.30. The Morgan fingerprint density at radius 3 is 0.648 bits per heavy atom. The molecule has 0 saturated carbocycles. The molecule has 540 valence electrons. The van der Waals surface area contributed by atoms with E-state index in [-0.39, 0.29) is 25.7 Å². The minimum Gasteiger partial charge on any atom is -0.462 e. The van der Waals surface area contributed by atoms with Gasteiger partial charge in [-0.3, -0.25) is 37.3 Å². The normalized spacial score (nSPS) is 14.0. The molecule has 2 unspecified atom stereocenters. The molecule has 0 heterocycles. The SMILES string of the molecule is CCCCCCCCCCCCCCCCCC(=O)O[C@H](COC(=O)CCCCCCCCCCCCCCCC)COP(=O)(O)OC[C@@H](O)COP(=O)(O)OC[C@@H](COC(=O)CCCCCCCCCCCC)OC(=O)CCCCCCCCCCCCCC. The number of rotatable bonds is 73. The number of ether oxygens (including phenoxy) is 4. The van der Waals surface area contributed by atoms with E-state index in [1.807, 2.05) is 0 Å². The van der Waals surface area contributed by atoms with E-state index in [1.54, 1.807) is 0 Å². The number of phosphoric ester groups is 2. The van der Waals surface area contributed by atoms with Crippen molar-refractivity contribution >= 4 is 39.5 Å². The van der Waals surface area contributed by atoms with Crippen LogP contribution in [0, 0.1) is 0 Å². The lowest BCUT2D eigenvalue weighted by atomic mass is 10.0. The summed E-state index contributed by atoms with van der Waals surface area (Å²) < 4.78 is 68.4. The molecule has 91 heavy (non-hydrogen) atoms. The molecule has 0 aliphatic carbocycles. The lowest BCUT2D eigenvalue weighted by molar-refractivity contribution is -0.161. The van der Waals surface area contributed by atoms with Crippen LogP contribution in [0.1, 0.15) is 381 Å². The fraction of sp³-hybridized carbons (Fsp3) is 0.944. The van der Waals surface area contributed by atoms with Gasteiger partial charge in [0.05, 0.1) is 26.4 Å². The van der Waals surface area contributed by atoms with Crippen LogP contribution in [-0.2, 0) is 65.4 Å². The Morgan fingerprint density at radius 1 is 0.264 bits per heavy atom. The van der Waals surface area contributed by atoms with E-state index in [1.165, 1.54) is 212 Å². The second-order valence-corrected chi connectivity index (χ2v) is 28.9. The maximum atomic E-state index is 13.0. The molecule has 19 heteroatoms. The molecule has 0 aliphatic heterocycles. The maximum Gasteiger partial charge on any atom is 0.472 e. The summed E-state index contributed by atoms with van der Waals surface area (Å²) in [7, 11) is -9.90. The summed E-state index contributed by atoms with van der Waals surface area (Å²) in [6.07, 6.45) is 55.2. The zero-order valence-electron chi connectivity index (χ0n) is 58.8. The third-order valence-corrected chi connectivity index (χ3v) is 18.8. The third-order valence-electron chi connectivity index (χ3n) is 16.9. The van der Waals surface area contributed by atoms with Crippen LogP contribution >= 0.6 is 15.6 Å². The molecule has 0 spiro atoms. The molecule has 0 saturated heterocycles. The second kappa shape index (κ2) is 66.7. The van der Waals surface area contributed by atoms with Gasteiger partial charge in [0, 0.05) is 25.7 Å². The quantitative estimate of drug-likeness (QED) is 0.0222. The Kier molecular flexibility index (Phi) is 65.2. The summed E-state index contributed by atoms with van der Waals surface area (Å²) in [6, 6.07) is 0. The van der Waals surface area contributed by atoms with Crippen LogP contribution in [0.2, 0.25) is 0 Å². The molecule has 0 amide bonds. The first kappa shape index (κ1) is 89.1. The van der Waals surface area contributed by atoms with Gasteiger partial charge in [-0.05, 0) is 25.7 Å². The van der Waals surface area contributed by atoms with Gasteiger partial charge in [-0.25, -0.2) is 9.13 Å². The molecule has 0 aliphatic rings. The first-order valence-corrected chi connectivity index (χ1v) is 40.8. The van der Waals surface area contributed by atoms with Gasteiger partial charge in [0.1, 0.15) is 19.3 Å². The van der Waals surface area contributed by atoms with Crippen molar-refractivity contribution in [3.63, 3.8) is 0 Å². The van der Waals surface area contributed by atoms with Crippen molar-refractivity contribution in [2.75, 3.05) is 39.6 Å². The summed E-state index contributed by atoms with van der Waals surface area (Å²) in [6.45, 7) is 4.96. The van der Waals surface area contributed by atoms with Crippen LogP contribution in [0.3, 0.4) is 0 Å². The molecule has 0 aromatic rings. The minimum atomic E-state index is -4.95. The summed E-state index contributed by atoms with van der Waals surface area (Å²) in [4.78, 5) is 72.6. The predicted molar refractivity (Wildman–Crippen MR) is 368 cm³/mol. The summed E-state index contributed by atoms with van der Waals surface area (Å²) >= 11 is 0. The van der Waals surface area contributed by atoms with Gasteiger partial charge in [-0.1, -0.05) is 329 Å². The van der Waals surface area contributed by atoms with Crippen molar-refractivity contribution in [1.82, 2.24) is 0 Å². The van der Waals surface area contributed by atoms with Gasteiger partial charge < -0.3 is 33.8 Å². The number of aliphatic hydroxyl groups excluding tert-OH is 1. The molecule has 0 fully saturated rings. The van der Waals surface area contributed by atoms with Gasteiger partial charge in [0.15, 0.2) is 12.2 Å². The maximum absolute atomic E-state index is 13.0. The topological polar surface area (TPSA) is 237 Å². The Balaban J connectivity index is 5.24. The number of esters is 4. The molecule has 0 rings (SSSR count). The van der Waals surface area contributed by atoms with Crippen molar-refractivity contribution in [2.45, 2.75) is 399 Å². The summed E-state index contributed by atoms with van der Waals surface area (Å²) in [5, 5.41) is 10.6. The van der Waals surface area contributed by atoms with Crippen LogP contribution in [-0.4, -0.2) is 96.7 Å². The highest BCUT2D eigenvalue weighted by Gasteiger charge is 2.30. The predicted octanol–water partition coefficient (Wildman–Crippen LogP) is 21.1. The van der Waals surface area contributed by atoms with Crippen LogP contribution in [0.4, 0.5) is 0 Å². The Morgan fingerprint density at radius 2 is 0.440 bits per heavy atom. The highest BCUT2D eigenvalue weighted by molar-refractivity contribution is 7.47. The largest absolute Gasteiger partial charge is 0.472 e. The number of carbonyl (C=O) groups excluding carboxylic acids is 4. The van der Waals surface area contributed by atoms with E-state index in [0.29, 0.717) is 25.7 Å². The first-order valence-electron chi connectivity index (χ1n) is 37.8. The fourth-order valence-electron chi connectivity index (χ4n) is 11.0. The minimum absolute atomic E-state index is 0.108. The highest BCUT2D eigenvalue weighted by Crippen LogP contribution is 2.45. The van der Waals surface area contributed by atoms with Crippen LogP contribution in [0.25, 0.3) is 0 Å². The standard InChI is InChI=1S/C72H140O17P2/c1-5-9-13-17-21-25-29-32-34-36-39-43-47-51-55-59-72(77)89-68(63-83-70(75)57-53-49-45-41-38-35-33-30-26-22-18-14-10-6-2)65-87-91(80,81)85-61-66(73)60-84-90(78,79)86-64-67(62-82-69(74)56-52-48-44-40-28-24-20-16-12-8-4)88-71(76)58-54-50-46-42-37-31-27-23-19-15-11-7-3/h66-68,73H,5-65H2,1-4H3,(H,78,79)(H,80,81)/t66-,67+,68+/m0/s1. The molecule has 0 aromatic carbocycles. The fourth-order valence-corrected chi connectivity index (χ4v) is 12.6. The van der Waals surface area contributed by atoms with Crippen molar-refractivity contribution < 1.29 is 80.2 Å². The number of hydrogen-bond acceptors (Lipinski definition) is 15. The van der Waals surface area contributed by atoms with Crippen molar-refractivity contribution in [3.05, 3.63) is 0 Å². The van der Waals surface area contributed by atoms with E-state index in [9.17, 15) is 43.2 Å². The zero-order chi connectivity index (χ0) is 66.8. The van der Waals surface area contributed by atoms with Crippen LogP contribution < -0.4 is 0 Å². The van der Waals surface area contributed by atoms with Gasteiger partial charge in [-0.15, -0.1) is 0 Å². The molecule has 3 N–H and O–H groups in total. The monoisotopic (exact) mass is 1340 g/mol. The van der Waals surface area contributed by atoms with Crippen molar-refractivity contribution in [2.24, 2.45) is 0 Å². The van der Waals surface area contributed by atoms with E-state index in [2.05, 4.69) is 27.7 Å². The number of aliphatic hydroxyl groups is 1. The second-order valence-electron chi connectivity index (χ2n) is 26.0. The van der Waals surface area contributed by atoms with Crippen molar-refractivity contribution in [1.29, 1.82) is 0 Å². The van der Waals surface area contributed by atoms with Gasteiger partial charge >= 0.3 is 39.5 Å².